The summed E-state index contributed by atoms with van der Waals surface area (Å²) in [6.45, 7) is 2.71. The van der Waals surface area contributed by atoms with Crippen LogP contribution in [0.4, 0.5) is 5.69 Å². The van der Waals surface area contributed by atoms with E-state index in [1.165, 1.54) is 5.56 Å². The molecule has 0 aliphatic heterocycles. The molecule has 1 N–H and O–H groups in total. The molecule has 1 rings (SSSR count). The molecule has 1 aromatic rings. The van der Waals surface area contributed by atoms with Crippen LogP contribution in [-0.2, 0) is 4.79 Å². The molecule has 15 heavy (non-hydrogen) atoms. The monoisotopic (exact) mass is 207 g/mol. The van der Waals surface area contributed by atoms with Crippen molar-refractivity contribution in [3.8, 4) is 0 Å². The standard InChI is InChI=1S/C12H17NO2/c1-10-3-5-11(6-4-10)13(2)8-7-12(15)9-14/h3-6,9,12,15H,7-8H2,1-2H3. The van der Waals surface area contributed by atoms with E-state index in [0.717, 1.165) is 5.69 Å². The molecule has 0 saturated carbocycles. The minimum Gasteiger partial charge on any atom is -0.386 e. The zero-order valence-electron chi connectivity index (χ0n) is 9.18. The van der Waals surface area contributed by atoms with E-state index < -0.39 is 6.10 Å². The van der Waals surface area contributed by atoms with Crippen LogP contribution in [0, 0.1) is 6.92 Å². The van der Waals surface area contributed by atoms with Gasteiger partial charge in [0.1, 0.15) is 12.4 Å². The largest absolute Gasteiger partial charge is 0.386 e. The van der Waals surface area contributed by atoms with Crippen molar-refractivity contribution in [1.29, 1.82) is 0 Å². The Bertz CT molecular complexity index is 308. The van der Waals surface area contributed by atoms with Crippen LogP contribution in [0.5, 0.6) is 0 Å². The van der Waals surface area contributed by atoms with Crippen LogP contribution in [0.2, 0.25) is 0 Å². The molecule has 0 bridgehead atoms. The number of aldehydes is 1. The number of aryl methyl sites for hydroxylation is 1. The summed E-state index contributed by atoms with van der Waals surface area (Å²) in [6.07, 6.45) is 0.189. The maximum absolute atomic E-state index is 10.2. The number of carbonyl (C=O) groups is 1. The molecule has 3 nitrogen and oxygen atoms in total. The molecule has 0 amide bonds. The van der Waals surface area contributed by atoms with Crippen molar-refractivity contribution in [1.82, 2.24) is 0 Å². The highest BCUT2D eigenvalue weighted by molar-refractivity contribution is 5.55. The first-order valence-corrected chi connectivity index (χ1v) is 5.04. The lowest BCUT2D eigenvalue weighted by Gasteiger charge is -2.19. The van der Waals surface area contributed by atoms with Crippen LogP contribution >= 0.6 is 0 Å². The van der Waals surface area contributed by atoms with Crippen molar-refractivity contribution in [3.63, 3.8) is 0 Å². The maximum atomic E-state index is 10.2. The van der Waals surface area contributed by atoms with Gasteiger partial charge in [0.05, 0.1) is 0 Å². The Morgan fingerprint density at radius 2 is 2.00 bits per heavy atom. The average molecular weight is 207 g/mol. The number of hydrogen-bond donors (Lipinski definition) is 1. The van der Waals surface area contributed by atoms with Gasteiger partial charge in [-0.2, -0.15) is 0 Å². The molecular formula is C12H17NO2. The lowest BCUT2D eigenvalue weighted by Crippen LogP contribution is -2.23. The predicted molar refractivity (Wildman–Crippen MR) is 61.1 cm³/mol. The van der Waals surface area contributed by atoms with Gasteiger partial charge in [0.15, 0.2) is 0 Å². The van der Waals surface area contributed by atoms with Gasteiger partial charge in [-0.25, -0.2) is 0 Å². The molecule has 0 saturated heterocycles. The van der Waals surface area contributed by atoms with E-state index in [2.05, 4.69) is 0 Å². The molecule has 0 aromatic heterocycles. The number of anilines is 1. The third-order valence-electron chi connectivity index (χ3n) is 2.39. The quantitative estimate of drug-likeness (QED) is 0.742. The topological polar surface area (TPSA) is 40.5 Å². The molecule has 0 aliphatic rings. The van der Waals surface area contributed by atoms with Gasteiger partial charge in [0.2, 0.25) is 0 Å². The van der Waals surface area contributed by atoms with Crippen molar-refractivity contribution in [2.75, 3.05) is 18.5 Å². The minimum atomic E-state index is -0.849. The molecule has 3 heteroatoms. The van der Waals surface area contributed by atoms with Gasteiger partial charge in [0.25, 0.3) is 0 Å². The second-order valence-electron chi connectivity index (χ2n) is 3.75. The molecule has 0 fully saturated rings. The number of rotatable bonds is 5. The first-order valence-electron chi connectivity index (χ1n) is 5.04. The Balaban J connectivity index is 2.49. The van der Waals surface area contributed by atoms with Crippen LogP contribution in [0.25, 0.3) is 0 Å². The normalized spacial score (nSPS) is 12.2. The summed E-state index contributed by atoms with van der Waals surface area (Å²) in [5, 5.41) is 9.10. The zero-order valence-corrected chi connectivity index (χ0v) is 9.18. The first kappa shape index (κ1) is 11.7. The molecule has 1 aromatic carbocycles. The van der Waals surface area contributed by atoms with Crippen LogP contribution in [0.1, 0.15) is 12.0 Å². The molecule has 1 unspecified atom stereocenters. The van der Waals surface area contributed by atoms with Crippen molar-refractivity contribution < 1.29 is 9.90 Å². The van der Waals surface area contributed by atoms with Crippen molar-refractivity contribution in [2.45, 2.75) is 19.4 Å². The van der Waals surface area contributed by atoms with Crippen molar-refractivity contribution >= 4 is 12.0 Å². The molecule has 1 atom stereocenters. The molecule has 0 radical (unpaired) electrons. The van der Waals surface area contributed by atoms with Gasteiger partial charge in [-0.15, -0.1) is 0 Å². The number of hydrogen-bond acceptors (Lipinski definition) is 3. The average Bonchev–Trinajstić information content (AvgIpc) is 2.26. The molecule has 0 aliphatic carbocycles. The van der Waals surface area contributed by atoms with E-state index in [0.29, 0.717) is 19.3 Å². The van der Waals surface area contributed by atoms with Gasteiger partial charge >= 0.3 is 0 Å². The Labute approximate surface area is 90.3 Å². The zero-order chi connectivity index (χ0) is 11.3. The third kappa shape index (κ3) is 3.72. The van der Waals surface area contributed by atoms with Crippen LogP contribution in [0.3, 0.4) is 0 Å². The van der Waals surface area contributed by atoms with E-state index in [9.17, 15) is 4.79 Å². The fourth-order valence-electron chi connectivity index (χ4n) is 1.32. The molecule has 0 heterocycles. The Morgan fingerprint density at radius 3 is 2.53 bits per heavy atom. The SMILES string of the molecule is Cc1ccc(N(C)CCC(O)C=O)cc1. The summed E-state index contributed by atoms with van der Waals surface area (Å²) in [5.74, 6) is 0. The molecule has 0 spiro atoms. The van der Waals surface area contributed by atoms with Gasteiger partial charge in [-0.05, 0) is 25.5 Å². The van der Waals surface area contributed by atoms with Gasteiger partial charge in [0, 0.05) is 19.3 Å². The minimum absolute atomic E-state index is 0.466. The van der Waals surface area contributed by atoms with Crippen molar-refractivity contribution in [2.24, 2.45) is 0 Å². The Hall–Kier alpha value is -1.35. The highest BCUT2D eigenvalue weighted by Crippen LogP contribution is 2.13. The van der Waals surface area contributed by atoms with E-state index in [4.69, 9.17) is 5.11 Å². The predicted octanol–water partition coefficient (Wildman–Crippen LogP) is 1.38. The number of carbonyl (C=O) groups excluding carboxylic acids is 1. The highest BCUT2D eigenvalue weighted by atomic mass is 16.3. The van der Waals surface area contributed by atoms with Gasteiger partial charge in [-0.1, -0.05) is 17.7 Å². The van der Waals surface area contributed by atoms with Gasteiger partial charge in [-0.3, -0.25) is 0 Å². The first-order chi connectivity index (χ1) is 7.13. The second kappa shape index (κ2) is 5.51. The Morgan fingerprint density at radius 1 is 1.40 bits per heavy atom. The number of aliphatic hydroxyl groups is 1. The van der Waals surface area contributed by atoms with E-state index in [1.807, 2.05) is 43.1 Å². The Kier molecular flexibility index (Phi) is 4.31. The summed E-state index contributed by atoms with van der Waals surface area (Å²) in [6, 6.07) is 8.15. The van der Waals surface area contributed by atoms with Crippen molar-refractivity contribution in [3.05, 3.63) is 29.8 Å². The van der Waals surface area contributed by atoms with E-state index in [1.54, 1.807) is 0 Å². The summed E-state index contributed by atoms with van der Waals surface area (Å²) in [5.41, 5.74) is 2.32. The van der Waals surface area contributed by atoms with E-state index in [-0.39, 0.29) is 0 Å². The number of nitrogens with zero attached hydrogens (tertiary/aromatic N) is 1. The molecular weight excluding hydrogens is 190 g/mol. The third-order valence-corrected chi connectivity index (χ3v) is 2.39. The highest BCUT2D eigenvalue weighted by Gasteiger charge is 2.05. The van der Waals surface area contributed by atoms with E-state index >= 15 is 0 Å². The van der Waals surface area contributed by atoms with Gasteiger partial charge < -0.3 is 14.8 Å². The summed E-state index contributed by atoms with van der Waals surface area (Å²) >= 11 is 0. The second-order valence-corrected chi connectivity index (χ2v) is 3.75. The lowest BCUT2D eigenvalue weighted by molar-refractivity contribution is -0.115. The smallest absolute Gasteiger partial charge is 0.148 e. The van der Waals surface area contributed by atoms with Crippen LogP contribution in [-0.4, -0.2) is 31.1 Å². The summed E-state index contributed by atoms with van der Waals surface area (Å²) in [7, 11) is 1.95. The fraction of sp³-hybridized carbons (Fsp3) is 0.417. The molecule has 82 valence electrons. The van der Waals surface area contributed by atoms with Crippen LogP contribution in [0.15, 0.2) is 24.3 Å². The number of aliphatic hydroxyl groups excluding tert-OH is 1. The lowest BCUT2D eigenvalue weighted by atomic mass is 10.2. The maximum Gasteiger partial charge on any atom is 0.148 e. The van der Waals surface area contributed by atoms with Crippen LogP contribution < -0.4 is 4.90 Å². The fourth-order valence-corrected chi connectivity index (χ4v) is 1.32. The number of benzene rings is 1. The summed E-state index contributed by atoms with van der Waals surface area (Å²) < 4.78 is 0. The summed E-state index contributed by atoms with van der Waals surface area (Å²) in [4.78, 5) is 12.3.